The Morgan fingerprint density at radius 1 is 1.67 bits per heavy atom. The van der Waals surface area contributed by atoms with Crippen molar-refractivity contribution in [3.05, 3.63) is 9.47 Å². The summed E-state index contributed by atoms with van der Waals surface area (Å²) in [5.74, 6) is 0.462. The van der Waals surface area contributed by atoms with E-state index in [1.54, 1.807) is 7.11 Å². The minimum Gasteiger partial charge on any atom is -0.384 e. The van der Waals surface area contributed by atoms with Gasteiger partial charge in [0.15, 0.2) is 0 Å². The maximum atomic E-state index is 4.92. The normalized spacial score (nSPS) is 12.9. The molecule has 1 unspecified atom stereocenters. The van der Waals surface area contributed by atoms with E-state index in [1.807, 2.05) is 6.08 Å². The van der Waals surface area contributed by atoms with Gasteiger partial charge in [-0.1, -0.05) is 13.0 Å². The molecule has 1 atom stereocenters. The summed E-state index contributed by atoms with van der Waals surface area (Å²) in [6.45, 7) is 2.85. The van der Waals surface area contributed by atoms with Gasteiger partial charge in [-0.25, -0.2) is 0 Å². The first-order chi connectivity index (χ1) is 4.16. The van der Waals surface area contributed by atoms with Gasteiger partial charge in [0.25, 0.3) is 0 Å². The van der Waals surface area contributed by atoms with Gasteiger partial charge in [0.05, 0.1) is 10.00 Å². The zero-order valence-corrected chi connectivity index (χ0v) is 8.70. The van der Waals surface area contributed by atoms with Crippen molar-refractivity contribution >= 4 is 31.9 Å². The summed E-state index contributed by atoms with van der Waals surface area (Å²) >= 11 is 6.53. The molecule has 54 valence electrons. The molecule has 0 aliphatic rings. The largest absolute Gasteiger partial charge is 0.384 e. The minimum atomic E-state index is 0.462. The van der Waals surface area contributed by atoms with Crippen LogP contribution in [0.5, 0.6) is 0 Å². The molecule has 0 saturated heterocycles. The lowest BCUT2D eigenvalue weighted by molar-refractivity contribution is 0.176. The molecule has 3 heteroatoms. The fourth-order valence-corrected chi connectivity index (χ4v) is 1.43. The predicted molar refractivity (Wildman–Crippen MR) is 47.0 cm³/mol. The number of halogens is 2. The van der Waals surface area contributed by atoms with E-state index < -0.39 is 0 Å². The molecule has 1 nitrogen and oxygen atoms in total. The highest BCUT2D eigenvalue weighted by Gasteiger charge is 1.95. The Bertz CT molecular complexity index is 97.2. The summed E-state index contributed by atoms with van der Waals surface area (Å²) in [6.07, 6.45) is 2.05. The van der Waals surface area contributed by atoms with Crippen LogP contribution in [-0.4, -0.2) is 13.7 Å². The third-order valence-electron chi connectivity index (χ3n) is 0.840. The highest BCUT2D eigenvalue weighted by Crippen LogP contribution is 2.15. The van der Waals surface area contributed by atoms with E-state index in [1.165, 1.54) is 0 Å². The second kappa shape index (κ2) is 5.45. The van der Waals surface area contributed by atoms with Gasteiger partial charge in [0, 0.05) is 7.11 Å². The van der Waals surface area contributed by atoms with Gasteiger partial charge in [-0.05, 0) is 37.8 Å². The molecule has 0 aromatic heterocycles. The Morgan fingerprint density at radius 3 is 2.56 bits per heavy atom. The van der Waals surface area contributed by atoms with E-state index in [0.29, 0.717) is 5.92 Å². The van der Waals surface area contributed by atoms with Crippen molar-refractivity contribution in [2.45, 2.75) is 6.92 Å². The smallest absolute Gasteiger partial charge is 0.0567 e. The van der Waals surface area contributed by atoms with Crippen LogP contribution in [0.25, 0.3) is 0 Å². The average molecular weight is 258 g/mol. The molecule has 0 saturated carbocycles. The minimum absolute atomic E-state index is 0.462. The summed E-state index contributed by atoms with van der Waals surface area (Å²) in [5, 5.41) is 0. The Morgan fingerprint density at radius 2 is 2.22 bits per heavy atom. The summed E-state index contributed by atoms with van der Waals surface area (Å²) in [4.78, 5) is 0. The lowest BCUT2D eigenvalue weighted by atomic mass is 10.2. The van der Waals surface area contributed by atoms with Gasteiger partial charge in [-0.2, -0.15) is 0 Å². The first-order valence-electron chi connectivity index (χ1n) is 2.68. The lowest BCUT2D eigenvalue weighted by Gasteiger charge is -2.02. The predicted octanol–water partition coefficient (Wildman–Crippen LogP) is 2.90. The molecule has 0 aliphatic carbocycles. The van der Waals surface area contributed by atoms with Gasteiger partial charge in [0.1, 0.15) is 0 Å². The fourth-order valence-electron chi connectivity index (χ4n) is 0.526. The van der Waals surface area contributed by atoms with Gasteiger partial charge in [-0.3, -0.25) is 0 Å². The molecular weight excluding hydrogens is 248 g/mol. The quantitative estimate of drug-likeness (QED) is 0.756. The van der Waals surface area contributed by atoms with E-state index in [2.05, 4.69) is 38.8 Å². The zero-order chi connectivity index (χ0) is 7.28. The number of rotatable bonds is 3. The number of hydrogen-bond acceptors (Lipinski definition) is 1. The molecule has 0 amide bonds. The second-order valence-corrected chi connectivity index (χ2v) is 4.66. The molecule has 0 heterocycles. The van der Waals surface area contributed by atoms with E-state index in [4.69, 9.17) is 4.74 Å². The Balaban J connectivity index is 3.49. The Hall–Kier alpha value is 0.660. The van der Waals surface area contributed by atoms with Crippen molar-refractivity contribution in [3.63, 3.8) is 0 Å². The van der Waals surface area contributed by atoms with E-state index in [-0.39, 0.29) is 0 Å². The van der Waals surface area contributed by atoms with E-state index in [0.717, 1.165) is 10.00 Å². The molecule has 0 spiro atoms. The molecule has 0 N–H and O–H groups in total. The first-order valence-corrected chi connectivity index (χ1v) is 4.27. The van der Waals surface area contributed by atoms with Crippen LogP contribution in [0.4, 0.5) is 0 Å². The molecule has 0 aromatic rings. The van der Waals surface area contributed by atoms with Crippen LogP contribution in [-0.2, 0) is 4.74 Å². The molecule has 0 rings (SSSR count). The average Bonchev–Trinajstić information content (AvgIpc) is 1.63. The fraction of sp³-hybridized carbons (Fsp3) is 0.667. The van der Waals surface area contributed by atoms with Crippen molar-refractivity contribution < 1.29 is 4.74 Å². The standard InChI is InChI=1S/C6H10Br2O/c1-5(4-9-2)3-6(7)8/h3,5H,4H2,1-2H3. The SMILES string of the molecule is COCC(C)C=C(Br)Br. The maximum absolute atomic E-state index is 4.92. The van der Waals surface area contributed by atoms with Gasteiger partial charge in [0.2, 0.25) is 0 Å². The van der Waals surface area contributed by atoms with Gasteiger partial charge in [-0.15, -0.1) is 0 Å². The van der Waals surface area contributed by atoms with E-state index >= 15 is 0 Å². The molecule has 0 aliphatic heterocycles. The molecule has 0 radical (unpaired) electrons. The number of ether oxygens (including phenoxy) is 1. The Labute approximate surface area is 72.7 Å². The Kier molecular flexibility index (Phi) is 5.84. The topological polar surface area (TPSA) is 9.23 Å². The van der Waals surface area contributed by atoms with Crippen molar-refractivity contribution in [2.75, 3.05) is 13.7 Å². The third kappa shape index (κ3) is 6.55. The molecule has 9 heavy (non-hydrogen) atoms. The molecule has 0 fully saturated rings. The summed E-state index contributed by atoms with van der Waals surface area (Å²) in [7, 11) is 1.70. The zero-order valence-electron chi connectivity index (χ0n) is 5.53. The van der Waals surface area contributed by atoms with Crippen molar-refractivity contribution in [3.8, 4) is 0 Å². The van der Waals surface area contributed by atoms with Crippen LogP contribution in [0, 0.1) is 5.92 Å². The molecule has 0 aromatic carbocycles. The summed E-state index contributed by atoms with van der Waals surface area (Å²) < 4.78 is 5.90. The second-order valence-electron chi connectivity index (χ2n) is 1.89. The highest BCUT2D eigenvalue weighted by atomic mass is 79.9. The van der Waals surface area contributed by atoms with Crippen molar-refractivity contribution in [1.82, 2.24) is 0 Å². The highest BCUT2D eigenvalue weighted by molar-refractivity contribution is 9.28. The van der Waals surface area contributed by atoms with Crippen molar-refractivity contribution in [2.24, 2.45) is 5.92 Å². The maximum Gasteiger partial charge on any atom is 0.0567 e. The lowest BCUT2D eigenvalue weighted by Crippen LogP contribution is -1.98. The summed E-state index contributed by atoms with van der Waals surface area (Å²) in [5.41, 5.74) is 0. The van der Waals surface area contributed by atoms with Crippen LogP contribution in [0.15, 0.2) is 9.47 Å². The van der Waals surface area contributed by atoms with Crippen LogP contribution < -0.4 is 0 Å². The van der Waals surface area contributed by atoms with Crippen molar-refractivity contribution in [1.29, 1.82) is 0 Å². The van der Waals surface area contributed by atoms with E-state index in [9.17, 15) is 0 Å². The van der Waals surface area contributed by atoms with Crippen LogP contribution in [0.3, 0.4) is 0 Å². The van der Waals surface area contributed by atoms with Crippen LogP contribution >= 0.6 is 31.9 Å². The van der Waals surface area contributed by atoms with Crippen LogP contribution in [0.1, 0.15) is 6.92 Å². The number of methoxy groups -OCH3 is 1. The van der Waals surface area contributed by atoms with Crippen LogP contribution in [0.2, 0.25) is 0 Å². The first kappa shape index (κ1) is 9.66. The molecular formula is C6H10Br2O. The van der Waals surface area contributed by atoms with Gasteiger partial charge >= 0.3 is 0 Å². The molecule has 0 bridgehead atoms. The monoisotopic (exact) mass is 256 g/mol. The van der Waals surface area contributed by atoms with Gasteiger partial charge < -0.3 is 4.74 Å². The number of hydrogen-bond donors (Lipinski definition) is 0. The summed E-state index contributed by atoms with van der Waals surface area (Å²) in [6, 6.07) is 0. The third-order valence-corrected chi connectivity index (χ3v) is 1.37.